The molecule has 0 heterocycles. The largest absolute Gasteiger partial charge is 0.415 e. The van der Waals surface area contributed by atoms with Gasteiger partial charge in [-0.25, -0.2) is 0 Å². The molecular formula is C13H16F3NO2. The van der Waals surface area contributed by atoms with Crippen LogP contribution in [-0.2, 0) is 6.42 Å². The maximum absolute atomic E-state index is 12.3. The van der Waals surface area contributed by atoms with Gasteiger partial charge in [0.25, 0.3) is 0 Å². The van der Waals surface area contributed by atoms with E-state index in [-0.39, 0.29) is 0 Å². The third-order valence-corrected chi connectivity index (χ3v) is 3.57. The molecule has 0 aliphatic heterocycles. The van der Waals surface area contributed by atoms with E-state index in [9.17, 15) is 18.3 Å². The first-order valence-corrected chi connectivity index (χ1v) is 6.01. The minimum Gasteiger partial charge on any atom is -0.387 e. The van der Waals surface area contributed by atoms with Crippen LogP contribution in [0.4, 0.5) is 13.2 Å². The molecule has 2 N–H and O–H groups in total. The van der Waals surface area contributed by atoms with Crippen LogP contribution in [0.3, 0.4) is 0 Å². The van der Waals surface area contributed by atoms with Crippen molar-refractivity contribution in [2.75, 3.05) is 13.6 Å². The van der Waals surface area contributed by atoms with Gasteiger partial charge in [0.1, 0.15) is 0 Å². The van der Waals surface area contributed by atoms with Crippen molar-refractivity contribution in [2.24, 2.45) is 0 Å². The Morgan fingerprint density at radius 3 is 2.58 bits per heavy atom. The van der Waals surface area contributed by atoms with E-state index in [4.69, 9.17) is 5.11 Å². The molecular weight excluding hydrogens is 259 g/mol. The van der Waals surface area contributed by atoms with Gasteiger partial charge in [0, 0.05) is 12.6 Å². The summed E-state index contributed by atoms with van der Waals surface area (Å²) in [6.45, 7) is -0.542. The number of nitrogens with zero attached hydrogens (tertiary/aromatic N) is 1. The fraction of sp³-hybridized carbons (Fsp3) is 0.538. The summed E-state index contributed by atoms with van der Waals surface area (Å²) in [6.07, 6.45) is -7.36. The normalized spacial score (nSPS) is 24.6. The highest BCUT2D eigenvalue weighted by Gasteiger charge is 2.41. The molecule has 0 radical (unpaired) electrons. The van der Waals surface area contributed by atoms with Gasteiger partial charge < -0.3 is 10.2 Å². The molecule has 1 aromatic rings. The molecule has 3 nitrogen and oxygen atoms in total. The van der Waals surface area contributed by atoms with Crippen LogP contribution in [0, 0.1) is 0 Å². The Kier molecular flexibility index (Phi) is 3.85. The number of halogens is 3. The number of benzene rings is 1. The van der Waals surface area contributed by atoms with E-state index in [0.717, 1.165) is 11.1 Å². The Morgan fingerprint density at radius 1 is 1.37 bits per heavy atom. The first kappa shape index (κ1) is 14.3. The summed E-state index contributed by atoms with van der Waals surface area (Å²) in [4.78, 5) is 1.36. The number of aliphatic hydroxyl groups is 2. The summed E-state index contributed by atoms with van der Waals surface area (Å²) in [5.41, 5.74) is 1.69. The molecule has 2 rings (SSSR count). The van der Waals surface area contributed by atoms with Crippen LogP contribution >= 0.6 is 0 Å². The fourth-order valence-electron chi connectivity index (χ4n) is 2.46. The van der Waals surface area contributed by atoms with Crippen LogP contribution in [0.5, 0.6) is 0 Å². The monoisotopic (exact) mass is 275 g/mol. The second kappa shape index (κ2) is 5.11. The molecule has 0 amide bonds. The van der Waals surface area contributed by atoms with Crippen LogP contribution in [0.1, 0.15) is 17.2 Å². The predicted molar refractivity (Wildman–Crippen MR) is 63.6 cm³/mol. The molecule has 6 heteroatoms. The van der Waals surface area contributed by atoms with Crippen LogP contribution in [-0.4, -0.2) is 47.0 Å². The third kappa shape index (κ3) is 2.91. The number of aliphatic hydroxyl groups excluding tert-OH is 2. The van der Waals surface area contributed by atoms with Gasteiger partial charge in [-0.3, -0.25) is 4.90 Å². The maximum Gasteiger partial charge on any atom is 0.415 e. The molecule has 19 heavy (non-hydrogen) atoms. The summed E-state index contributed by atoms with van der Waals surface area (Å²) in [5, 5.41) is 19.2. The van der Waals surface area contributed by atoms with Gasteiger partial charge in [0.05, 0.1) is 6.10 Å². The SMILES string of the molecule is CN(CC(O)C(F)(F)F)C1Cc2ccccc2C1O. The van der Waals surface area contributed by atoms with Crippen molar-refractivity contribution >= 4 is 0 Å². The number of alkyl halides is 3. The number of hydrogen-bond donors (Lipinski definition) is 2. The van der Waals surface area contributed by atoms with Crippen molar-refractivity contribution in [3.8, 4) is 0 Å². The second-order valence-electron chi connectivity index (χ2n) is 4.91. The van der Waals surface area contributed by atoms with Gasteiger partial charge in [0.15, 0.2) is 6.10 Å². The molecule has 3 atom stereocenters. The average molecular weight is 275 g/mol. The van der Waals surface area contributed by atoms with Crippen LogP contribution in [0.15, 0.2) is 24.3 Å². The van der Waals surface area contributed by atoms with Gasteiger partial charge in [-0.05, 0) is 24.6 Å². The highest BCUT2D eigenvalue weighted by Crippen LogP contribution is 2.34. The van der Waals surface area contributed by atoms with E-state index < -0.39 is 31.0 Å². The highest BCUT2D eigenvalue weighted by molar-refractivity contribution is 5.35. The van der Waals surface area contributed by atoms with Crippen LogP contribution in [0.25, 0.3) is 0 Å². The Balaban J connectivity index is 2.05. The van der Waals surface area contributed by atoms with Crippen molar-refractivity contribution in [2.45, 2.75) is 30.8 Å². The van der Waals surface area contributed by atoms with Crippen molar-refractivity contribution in [3.05, 3.63) is 35.4 Å². The van der Waals surface area contributed by atoms with Crippen molar-refractivity contribution in [1.29, 1.82) is 0 Å². The van der Waals surface area contributed by atoms with Gasteiger partial charge in [-0.15, -0.1) is 0 Å². The zero-order valence-corrected chi connectivity index (χ0v) is 10.4. The molecule has 0 bridgehead atoms. The molecule has 0 saturated carbocycles. The van der Waals surface area contributed by atoms with Gasteiger partial charge >= 0.3 is 6.18 Å². The zero-order valence-electron chi connectivity index (χ0n) is 10.4. The summed E-state index contributed by atoms with van der Waals surface area (Å²) >= 11 is 0. The fourth-order valence-corrected chi connectivity index (χ4v) is 2.46. The molecule has 1 aliphatic rings. The Labute approximate surface area is 109 Å². The summed E-state index contributed by atoms with van der Waals surface area (Å²) in [7, 11) is 1.48. The van der Waals surface area contributed by atoms with E-state index >= 15 is 0 Å². The van der Waals surface area contributed by atoms with Crippen molar-refractivity contribution in [3.63, 3.8) is 0 Å². The Hall–Kier alpha value is -1.11. The van der Waals surface area contributed by atoms with Gasteiger partial charge in [-0.1, -0.05) is 24.3 Å². The molecule has 0 saturated heterocycles. The van der Waals surface area contributed by atoms with E-state index in [1.165, 1.54) is 11.9 Å². The van der Waals surface area contributed by atoms with Gasteiger partial charge in [0.2, 0.25) is 0 Å². The molecule has 0 spiro atoms. The number of likely N-dealkylation sites (N-methyl/N-ethyl adjacent to an activating group) is 1. The lowest BCUT2D eigenvalue weighted by Crippen LogP contribution is -2.45. The smallest absolute Gasteiger partial charge is 0.387 e. The lowest BCUT2D eigenvalue weighted by atomic mass is 10.1. The summed E-state index contributed by atoms with van der Waals surface area (Å²) in [6, 6.07) is 6.81. The third-order valence-electron chi connectivity index (χ3n) is 3.57. The molecule has 1 aliphatic carbocycles. The average Bonchev–Trinajstić information content (AvgIpc) is 2.66. The first-order valence-electron chi connectivity index (χ1n) is 6.01. The first-order chi connectivity index (χ1) is 8.80. The summed E-state index contributed by atoms with van der Waals surface area (Å²) in [5.74, 6) is 0. The molecule has 0 fully saturated rings. The Morgan fingerprint density at radius 2 is 2.00 bits per heavy atom. The van der Waals surface area contributed by atoms with Crippen molar-refractivity contribution < 1.29 is 23.4 Å². The van der Waals surface area contributed by atoms with Crippen LogP contribution < -0.4 is 0 Å². The molecule has 0 aromatic heterocycles. The van der Waals surface area contributed by atoms with E-state index in [0.29, 0.717) is 6.42 Å². The van der Waals surface area contributed by atoms with E-state index in [2.05, 4.69) is 0 Å². The molecule has 106 valence electrons. The minimum atomic E-state index is -4.63. The minimum absolute atomic E-state index is 0.436. The number of rotatable bonds is 3. The number of fused-ring (bicyclic) bond motifs is 1. The topological polar surface area (TPSA) is 43.7 Å². The van der Waals surface area contributed by atoms with Crippen LogP contribution in [0.2, 0.25) is 0 Å². The molecule has 1 aromatic carbocycles. The Bertz CT molecular complexity index is 450. The van der Waals surface area contributed by atoms with Gasteiger partial charge in [-0.2, -0.15) is 13.2 Å². The quantitative estimate of drug-likeness (QED) is 0.878. The lowest BCUT2D eigenvalue weighted by molar-refractivity contribution is -0.209. The maximum atomic E-state index is 12.3. The standard InChI is InChI=1S/C13H16F3NO2/c1-17(7-11(18)13(14,15)16)10-6-8-4-2-3-5-9(8)12(10)19/h2-5,10-12,18-19H,6-7H2,1H3. The predicted octanol–water partition coefficient (Wildman–Crippen LogP) is 1.50. The molecule has 3 unspecified atom stereocenters. The number of hydrogen-bond acceptors (Lipinski definition) is 3. The van der Waals surface area contributed by atoms with Crippen molar-refractivity contribution in [1.82, 2.24) is 4.90 Å². The zero-order chi connectivity index (χ0) is 14.2. The highest BCUT2D eigenvalue weighted by atomic mass is 19.4. The van der Waals surface area contributed by atoms with E-state index in [1.54, 1.807) is 12.1 Å². The summed E-state index contributed by atoms with van der Waals surface area (Å²) < 4.78 is 37.0. The lowest BCUT2D eigenvalue weighted by Gasteiger charge is -2.29. The second-order valence-corrected chi connectivity index (χ2v) is 4.91. The van der Waals surface area contributed by atoms with E-state index in [1.807, 2.05) is 12.1 Å².